The minimum absolute atomic E-state index is 0.101. The van der Waals surface area contributed by atoms with Gasteiger partial charge in [0.05, 0.1) is 5.02 Å². The van der Waals surface area contributed by atoms with Crippen molar-refractivity contribution in [1.29, 1.82) is 0 Å². The number of rotatable bonds is 5. The molecule has 6 nitrogen and oxygen atoms in total. The molecule has 0 saturated carbocycles. The summed E-state index contributed by atoms with van der Waals surface area (Å²) in [6.45, 7) is 2.74. The number of esters is 1. The number of nitrogens with one attached hydrogen (secondary N) is 2. The summed E-state index contributed by atoms with van der Waals surface area (Å²) in [5.41, 5.74) is 0.591. The third-order valence-corrected chi connectivity index (χ3v) is 3.61. The first-order chi connectivity index (χ1) is 12.3. The minimum atomic E-state index is -1.17. The summed E-state index contributed by atoms with van der Waals surface area (Å²) in [5, 5.41) is 5.05. The van der Waals surface area contributed by atoms with Gasteiger partial charge in [-0.2, -0.15) is 0 Å². The van der Waals surface area contributed by atoms with Crippen molar-refractivity contribution in [3.8, 4) is 0 Å². The van der Waals surface area contributed by atoms with Crippen molar-refractivity contribution in [3.63, 3.8) is 0 Å². The monoisotopic (exact) mass is 378 g/mol. The van der Waals surface area contributed by atoms with Gasteiger partial charge in [0.25, 0.3) is 5.91 Å². The lowest BCUT2D eigenvalue weighted by Gasteiger charge is -2.14. The molecule has 2 amide bonds. The molecule has 0 fully saturated rings. The molecule has 1 atom stereocenters. The predicted octanol–water partition coefficient (Wildman–Crippen LogP) is 3.62. The van der Waals surface area contributed by atoms with Crippen molar-refractivity contribution < 1.29 is 23.5 Å². The Hall–Kier alpha value is -2.93. The number of amides is 2. The molecular formula is C18H16ClFN2O4. The van der Waals surface area contributed by atoms with Crippen LogP contribution in [0.4, 0.5) is 15.8 Å². The molecule has 0 aromatic heterocycles. The summed E-state index contributed by atoms with van der Waals surface area (Å²) in [6, 6.07) is 10.1. The molecule has 0 heterocycles. The molecule has 2 rings (SSSR count). The van der Waals surface area contributed by atoms with Gasteiger partial charge < -0.3 is 15.4 Å². The van der Waals surface area contributed by atoms with E-state index in [-0.39, 0.29) is 10.9 Å². The Bertz CT molecular complexity index is 819. The number of hydrogen-bond acceptors (Lipinski definition) is 4. The Morgan fingerprint density at radius 1 is 1.04 bits per heavy atom. The van der Waals surface area contributed by atoms with Gasteiger partial charge in [-0.25, -0.2) is 9.18 Å². The summed E-state index contributed by atoms with van der Waals surface area (Å²) in [7, 11) is 0. The van der Waals surface area contributed by atoms with Crippen LogP contribution in [0.25, 0.3) is 0 Å². The second kappa shape index (κ2) is 8.44. The van der Waals surface area contributed by atoms with E-state index in [9.17, 15) is 18.8 Å². The van der Waals surface area contributed by atoms with Crippen LogP contribution >= 0.6 is 11.6 Å². The molecule has 136 valence electrons. The van der Waals surface area contributed by atoms with Crippen LogP contribution in [0.5, 0.6) is 0 Å². The van der Waals surface area contributed by atoms with E-state index in [1.165, 1.54) is 26.0 Å². The van der Waals surface area contributed by atoms with Gasteiger partial charge in [-0.15, -0.1) is 0 Å². The van der Waals surface area contributed by atoms with Crippen molar-refractivity contribution in [2.24, 2.45) is 0 Å². The highest BCUT2D eigenvalue weighted by molar-refractivity contribution is 6.33. The fourth-order valence-corrected chi connectivity index (χ4v) is 2.29. The molecule has 0 radical (unpaired) electrons. The summed E-state index contributed by atoms with van der Waals surface area (Å²) in [4.78, 5) is 35.1. The Kier molecular flexibility index (Phi) is 6.30. The maximum Gasteiger partial charge on any atom is 0.343 e. The van der Waals surface area contributed by atoms with Gasteiger partial charge in [-0.3, -0.25) is 9.59 Å². The molecule has 2 aromatic rings. The highest BCUT2D eigenvalue weighted by Gasteiger charge is 2.23. The maximum absolute atomic E-state index is 13.7. The Morgan fingerprint density at radius 2 is 1.62 bits per heavy atom. The zero-order valence-electron chi connectivity index (χ0n) is 14.0. The van der Waals surface area contributed by atoms with E-state index in [2.05, 4.69) is 10.6 Å². The predicted molar refractivity (Wildman–Crippen MR) is 95.7 cm³/mol. The highest BCUT2D eigenvalue weighted by atomic mass is 35.5. The first kappa shape index (κ1) is 19.4. The van der Waals surface area contributed by atoms with E-state index in [1.807, 2.05) is 0 Å². The standard InChI is InChI=1S/C18H16ClFN2O4/c1-10(26-18(25)16-14(19)4-3-5-15(16)20)17(24)22-13-8-6-12(7-9-13)21-11(2)23/h3-10H,1-2H3,(H,21,23)(H,22,24)/t10-/m1/s1. The second-order valence-corrected chi connectivity index (χ2v) is 5.80. The summed E-state index contributed by atoms with van der Waals surface area (Å²) >= 11 is 5.80. The third kappa shape index (κ3) is 5.03. The van der Waals surface area contributed by atoms with Crippen molar-refractivity contribution in [2.45, 2.75) is 20.0 Å². The summed E-state index contributed by atoms with van der Waals surface area (Å²) in [5.74, 6) is -2.67. The zero-order valence-corrected chi connectivity index (χ0v) is 14.8. The van der Waals surface area contributed by atoms with Crippen molar-refractivity contribution in [3.05, 3.63) is 58.9 Å². The number of carbonyl (C=O) groups is 3. The number of benzene rings is 2. The van der Waals surface area contributed by atoms with Crippen LogP contribution in [0.2, 0.25) is 5.02 Å². The number of carbonyl (C=O) groups excluding carboxylic acids is 3. The second-order valence-electron chi connectivity index (χ2n) is 5.39. The van der Waals surface area contributed by atoms with Crippen molar-refractivity contribution in [1.82, 2.24) is 0 Å². The van der Waals surface area contributed by atoms with Gasteiger partial charge in [-0.1, -0.05) is 17.7 Å². The van der Waals surface area contributed by atoms with Crippen LogP contribution < -0.4 is 10.6 Å². The van der Waals surface area contributed by atoms with E-state index >= 15 is 0 Å². The average Bonchev–Trinajstić information content (AvgIpc) is 2.56. The molecule has 0 unspecified atom stereocenters. The molecule has 0 bridgehead atoms. The third-order valence-electron chi connectivity index (χ3n) is 3.29. The fourth-order valence-electron chi connectivity index (χ4n) is 2.05. The molecule has 0 aliphatic rings. The van der Waals surface area contributed by atoms with E-state index in [0.29, 0.717) is 11.4 Å². The molecular weight excluding hydrogens is 363 g/mol. The van der Waals surface area contributed by atoms with Crippen molar-refractivity contribution >= 4 is 40.8 Å². The topological polar surface area (TPSA) is 84.5 Å². The fraction of sp³-hybridized carbons (Fsp3) is 0.167. The smallest absolute Gasteiger partial charge is 0.343 e. The molecule has 0 spiro atoms. The lowest BCUT2D eigenvalue weighted by molar-refractivity contribution is -0.123. The first-order valence-corrected chi connectivity index (χ1v) is 7.99. The average molecular weight is 379 g/mol. The zero-order chi connectivity index (χ0) is 19.3. The molecule has 0 aliphatic heterocycles. The molecule has 2 N–H and O–H groups in total. The van der Waals surface area contributed by atoms with E-state index < -0.39 is 29.4 Å². The quantitative estimate of drug-likeness (QED) is 0.778. The molecule has 2 aromatic carbocycles. The molecule has 8 heteroatoms. The minimum Gasteiger partial charge on any atom is -0.449 e. The normalized spacial score (nSPS) is 11.4. The number of ether oxygens (including phenoxy) is 1. The van der Waals surface area contributed by atoms with Gasteiger partial charge in [-0.05, 0) is 43.3 Å². The van der Waals surface area contributed by atoms with Crippen LogP contribution in [0, 0.1) is 5.82 Å². The highest BCUT2D eigenvalue weighted by Crippen LogP contribution is 2.21. The molecule has 0 aliphatic carbocycles. The van der Waals surface area contributed by atoms with Crippen LogP contribution in [0.1, 0.15) is 24.2 Å². The van der Waals surface area contributed by atoms with Crippen LogP contribution in [-0.4, -0.2) is 23.9 Å². The van der Waals surface area contributed by atoms with Crippen LogP contribution in [0.15, 0.2) is 42.5 Å². The lowest BCUT2D eigenvalue weighted by atomic mass is 10.2. The van der Waals surface area contributed by atoms with Gasteiger partial charge in [0.1, 0.15) is 11.4 Å². The molecule has 26 heavy (non-hydrogen) atoms. The Morgan fingerprint density at radius 3 is 2.15 bits per heavy atom. The van der Waals surface area contributed by atoms with E-state index in [0.717, 1.165) is 6.07 Å². The Balaban J connectivity index is 1.99. The molecule has 0 saturated heterocycles. The van der Waals surface area contributed by atoms with Gasteiger partial charge in [0.2, 0.25) is 5.91 Å². The largest absolute Gasteiger partial charge is 0.449 e. The summed E-state index contributed by atoms with van der Waals surface area (Å²) in [6.07, 6.45) is -1.17. The number of anilines is 2. The van der Waals surface area contributed by atoms with Crippen LogP contribution in [0.3, 0.4) is 0 Å². The van der Waals surface area contributed by atoms with E-state index in [1.54, 1.807) is 24.3 Å². The number of halogens is 2. The van der Waals surface area contributed by atoms with Gasteiger partial charge in [0.15, 0.2) is 6.10 Å². The number of hydrogen-bond donors (Lipinski definition) is 2. The van der Waals surface area contributed by atoms with Gasteiger partial charge in [0, 0.05) is 18.3 Å². The van der Waals surface area contributed by atoms with Crippen LogP contribution in [-0.2, 0) is 14.3 Å². The maximum atomic E-state index is 13.7. The Labute approximate surface area is 154 Å². The van der Waals surface area contributed by atoms with E-state index in [4.69, 9.17) is 16.3 Å². The SMILES string of the molecule is CC(=O)Nc1ccc(NC(=O)[C@@H](C)OC(=O)c2c(F)cccc2Cl)cc1. The van der Waals surface area contributed by atoms with Gasteiger partial charge >= 0.3 is 5.97 Å². The summed E-state index contributed by atoms with van der Waals surface area (Å²) < 4.78 is 18.7. The lowest BCUT2D eigenvalue weighted by Crippen LogP contribution is -2.30. The first-order valence-electron chi connectivity index (χ1n) is 7.61. The van der Waals surface area contributed by atoms with Crippen molar-refractivity contribution in [2.75, 3.05) is 10.6 Å².